The number of aryl methyl sites for hydroxylation is 2. The summed E-state index contributed by atoms with van der Waals surface area (Å²) in [5, 5.41) is 7.55. The van der Waals surface area contributed by atoms with Crippen molar-refractivity contribution in [2.75, 3.05) is 20.2 Å². The van der Waals surface area contributed by atoms with Crippen LogP contribution in [0.3, 0.4) is 0 Å². The third-order valence-corrected chi connectivity index (χ3v) is 4.79. The summed E-state index contributed by atoms with van der Waals surface area (Å²) in [4.78, 5) is 9.95. The molecule has 0 saturated heterocycles. The number of nitrogens with one attached hydrogen (secondary N) is 2. The maximum atomic E-state index is 12.2. The molecule has 0 amide bonds. The van der Waals surface area contributed by atoms with Crippen molar-refractivity contribution in [2.45, 2.75) is 33.2 Å². The number of hydrogen-bond donors (Lipinski definition) is 2. The summed E-state index contributed by atoms with van der Waals surface area (Å²) in [5.41, 5.74) is 2.01. The van der Waals surface area contributed by atoms with E-state index in [4.69, 9.17) is 4.74 Å². The van der Waals surface area contributed by atoms with Gasteiger partial charge in [-0.2, -0.15) is 0 Å². The number of nitrogens with zero attached hydrogens (tertiary/aromatic N) is 2. The molecule has 5 nitrogen and oxygen atoms in total. The Morgan fingerprint density at radius 2 is 2.12 bits per heavy atom. The van der Waals surface area contributed by atoms with Gasteiger partial charge < -0.3 is 15.4 Å². The van der Waals surface area contributed by atoms with Crippen LogP contribution in [0.1, 0.15) is 21.1 Å². The fraction of sp³-hybridized carbons (Fsp3) is 0.444. The molecule has 26 heavy (non-hydrogen) atoms. The van der Waals surface area contributed by atoms with Crippen molar-refractivity contribution in [3.05, 3.63) is 45.4 Å². The monoisotopic (exact) mass is 382 g/mol. The second-order valence-corrected chi connectivity index (χ2v) is 6.99. The van der Waals surface area contributed by atoms with Gasteiger partial charge in [0.15, 0.2) is 5.96 Å². The van der Waals surface area contributed by atoms with Crippen LogP contribution < -0.4 is 15.4 Å². The van der Waals surface area contributed by atoms with Gasteiger partial charge in [-0.15, -0.1) is 11.3 Å². The van der Waals surface area contributed by atoms with Crippen molar-refractivity contribution in [2.24, 2.45) is 4.99 Å². The number of aliphatic imine (C=N–C) groups is 1. The third kappa shape index (κ3) is 6.59. The van der Waals surface area contributed by atoms with Gasteiger partial charge in [-0.1, -0.05) is 12.1 Å². The number of hydrogen-bond acceptors (Lipinski definition) is 4. The second-order valence-electron chi connectivity index (χ2n) is 5.70. The van der Waals surface area contributed by atoms with Crippen LogP contribution in [0, 0.1) is 13.8 Å². The van der Waals surface area contributed by atoms with Crippen molar-refractivity contribution >= 4 is 17.3 Å². The summed E-state index contributed by atoms with van der Waals surface area (Å²) in [6.07, 6.45) is -1.65. The number of thiazole rings is 1. The molecule has 1 aromatic heterocycles. The van der Waals surface area contributed by atoms with E-state index < -0.39 is 13.0 Å². The van der Waals surface area contributed by atoms with Gasteiger partial charge in [0, 0.05) is 31.4 Å². The number of halogens is 2. The topological polar surface area (TPSA) is 58.5 Å². The van der Waals surface area contributed by atoms with E-state index >= 15 is 0 Å². The normalized spacial score (nSPS) is 11.7. The molecule has 0 aliphatic carbocycles. The molecule has 142 valence electrons. The van der Waals surface area contributed by atoms with E-state index in [1.807, 2.05) is 13.0 Å². The van der Waals surface area contributed by atoms with Gasteiger partial charge in [-0.25, -0.2) is 13.8 Å². The Bertz CT molecular complexity index is 714. The molecule has 0 spiro atoms. The molecule has 0 atom stereocenters. The van der Waals surface area contributed by atoms with E-state index in [2.05, 4.69) is 27.5 Å². The SMILES string of the molecule is CN=C(NCCc1nc(C)c(C)s1)NCc1cccc(OCC(F)F)c1. The molecule has 2 N–H and O–H groups in total. The molecule has 0 fully saturated rings. The molecular weight excluding hydrogens is 358 g/mol. The van der Waals surface area contributed by atoms with Gasteiger partial charge in [-0.05, 0) is 31.5 Å². The third-order valence-electron chi connectivity index (χ3n) is 3.66. The quantitative estimate of drug-likeness (QED) is 0.543. The number of ether oxygens (including phenoxy) is 1. The maximum absolute atomic E-state index is 12.2. The van der Waals surface area contributed by atoms with Crippen LogP contribution in [0.15, 0.2) is 29.3 Å². The number of alkyl halides is 2. The Hall–Kier alpha value is -2.22. The predicted molar refractivity (Wildman–Crippen MR) is 101 cm³/mol. The molecular formula is C18H24F2N4OS. The van der Waals surface area contributed by atoms with Gasteiger partial charge in [0.25, 0.3) is 6.43 Å². The zero-order chi connectivity index (χ0) is 18.9. The molecule has 8 heteroatoms. The average Bonchev–Trinajstić information content (AvgIpc) is 2.94. The van der Waals surface area contributed by atoms with Crippen LogP contribution in [0.4, 0.5) is 8.78 Å². The summed E-state index contributed by atoms with van der Waals surface area (Å²) < 4.78 is 29.5. The largest absolute Gasteiger partial charge is 0.488 e. The number of benzene rings is 1. The molecule has 0 unspecified atom stereocenters. The van der Waals surface area contributed by atoms with E-state index in [1.54, 1.807) is 36.6 Å². The first kappa shape index (κ1) is 20.1. The fourth-order valence-electron chi connectivity index (χ4n) is 2.24. The van der Waals surface area contributed by atoms with Crippen LogP contribution >= 0.6 is 11.3 Å². The molecule has 2 aromatic rings. The Balaban J connectivity index is 1.78. The summed E-state index contributed by atoms with van der Waals surface area (Å²) in [6, 6.07) is 7.08. The van der Waals surface area contributed by atoms with Crippen molar-refractivity contribution in [3.63, 3.8) is 0 Å². The molecule has 0 saturated carbocycles. The van der Waals surface area contributed by atoms with Crippen molar-refractivity contribution < 1.29 is 13.5 Å². The number of rotatable bonds is 8. The highest BCUT2D eigenvalue weighted by molar-refractivity contribution is 7.11. The highest BCUT2D eigenvalue weighted by atomic mass is 32.1. The summed E-state index contributed by atoms with van der Waals surface area (Å²) in [7, 11) is 1.70. The summed E-state index contributed by atoms with van der Waals surface area (Å²) in [6.45, 7) is 4.73. The summed E-state index contributed by atoms with van der Waals surface area (Å²) in [5.74, 6) is 1.11. The molecule has 0 radical (unpaired) electrons. The van der Waals surface area contributed by atoms with Gasteiger partial charge in [-0.3, -0.25) is 4.99 Å². The van der Waals surface area contributed by atoms with E-state index in [1.165, 1.54) is 4.88 Å². The Morgan fingerprint density at radius 1 is 1.31 bits per heavy atom. The molecule has 0 aliphatic heterocycles. The van der Waals surface area contributed by atoms with Crippen LogP contribution in [0.5, 0.6) is 5.75 Å². The van der Waals surface area contributed by atoms with Crippen LogP contribution in [0.2, 0.25) is 0 Å². The van der Waals surface area contributed by atoms with Crippen molar-refractivity contribution in [1.82, 2.24) is 15.6 Å². The highest BCUT2D eigenvalue weighted by Gasteiger charge is 2.06. The first-order valence-electron chi connectivity index (χ1n) is 8.35. The van der Waals surface area contributed by atoms with Gasteiger partial charge in [0.05, 0.1) is 10.7 Å². The molecule has 2 rings (SSSR count). The fourth-order valence-corrected chi connectivity index (χ4v) is 3.18. The van der Waals surface area contributed by atoms with E-state index in [0.29, 0.717) is 18.3 Å². The predicted octanol–water partition coefficient (Wildman–Crippen LogP) is 3.31. The molecule has 1 aromatic carbocycles. The smallest absolute Gasteiger partial charge is 0.272 e. The van der Waals surface area contributed by atoms with Crippen LogP contribution in [-0.4, -0.2) is 37.6 Å². The van der Waals surface area contributed by atoms with Crippen LogP contribution in [0.25, 0.3) is 0 Å². The standard InChI is InChI=1S/C18H24F2N4OS/c1-12-13(2)26-17(24-12)7-8-22-18(21-3)23-10-14-5-4-6-15(9-14)25-11-16(19)20/h4-6,9,16H,7-8,10-11H2,1-3H3,(H2,21,22,23). The average molecular weight is 382 g/mol. The van der Waals surface area contributed by atoms with Crippen molar-refractivity contribution in [3.8, 4) is 5.75 Å². The number of aromatic nitrogens is 1. The summed E-state index contributed by atoms with van der Waals surface area (Å²) >= 11 is 1.71. The Morgan fingerprint density at radius 3 is 2.77 bits per heavy atom. The minimum atomic E-state index is -2.48. The number of guanidine groups is 1. The first-order chi connectivity index (χ1) is 12.5. The lowest BCUT2D eigenvalue weighted by atomic mass is 10.2. The molecule has 0 bridgehead atoms. The van der Waals surface area contributed by atoms with E-state index in [9.17, 15) is 8.78 Å². The van der Waals surface area contributed by atoms with Crippen molar-refractivity contribution in [1.29, 1.82) is 0 Å². The second kappa shape index (κ2) is 10.1. The molecule has 0 aliphatic rings. The lowest BCUT2D eigenvalue weighted by Gasteiger charge is -2.12. The zero-order valence-electron chi connectivity index (χ0n) is 15.2. The highest BCUT2D eigenvalue weighted by Crippen LogP contribution is 2.16. The van der Waals surface area contributed by atoms with Gasteiger partial charge in [0.2, 0.25) is 0 Å². The van der Waals surface area contributed by atoms with E-state index in [-0.39, 0.29) is 0 Å². The first-order valence-corrected chi connectivity index (χ1v) is 9.17. The van der Waals surface area contributed by atoms with Crippen LogP contribution in [-0.2, 0) is 13.0 Å². The minimum absolute atomic E-state index is 0.432. The van der Waals surface area contributed by atoms with Gasteiger partial charge in [0.1, 0.15) is 12.4 Å². The minimum Gasteiger partial charge on any atom is -0.488 e. The Kier molecular flexibility index (Phi) is 7.77. The Labute approximate surface area is 156 Å². The van der Waals surface area contributed by atoms with E-state index in [0.717, 1.165) is 29.2 Å². The van der Waals surface area contributed by atoms with Gasteiger partial charge >= 0.3 is 0 Å². The molecule has 1 heterocycles. The lowest BCUT2D eigenvalue weighted by Crippen LogP contribution is -2.37. The lowest BCUT2D eigenvalue weighted by molar-refractivity contribution is 0.0818. The maximum Gasteiger partial charge on any atom is 0.272 e. The zero-order valence-corrected chi connectivity index (χ0v) is 16.0.